The van der Waals surface area contributed by atoms with Gasteiger partial charge in [0, 0.05) is 12.6 Å². The molecule has 0 bridgehead atoms. The third-order valence-electron chi connectivity index (χ3n) is 1.42. The third kappa shape index (κ3) is 6.43. The number of rotatable bonds is 6. The fourth-order valence-corrected chi connectivity index (χ4v) is 0.829. The molecule has 0 saturated heterocycles. The Bertz CT molecular complexity index is 176. The lowest BCUT2D eigenvalue weighted by Crippen LogP contribution is -2.37. The summed E-state index contributed by atoms with van der Waals surface area (Å²) in [6.45, 7) is 4.01. The van der Waals surface area contributed by atoms with E-state index in [-0.39, 0.29) is 12.6 Å². The van der Waals surface area contributed by atoms with E-state index in [9.17, 15) is 4.79 Å². The zero-order valence-electron chi connectivity index (χ0n) is 8.17. The number of aliphatic hydroxyl groups excluding tert-OH is 1. The molecule has 0 saturated carbocycles. The van der Waals surface area contributed by atoms with Crippen LogP contribution >= 0.6 is 23.2 Å². The summed E-state index contributed by atoms with van der Waals surface area (Å²) in [5, 5.41) is 11.9. The lowest BCUT2D eigenvalue weighted by Gasteiger charge is -2.17. The first kappa shape index (κ1) is 14.0. The first-order valence-corrected chi connectivity index (χ1v) is 5.17. The average molecular weight is 244 g/mol. The number of esters is 1. The van der Waals surface area contributed by atoms with E-state index in [1.54, 1.807) is 0 Å². The number of carbonyl (C=O) groups is 1. The van der Waals surface area contributed by atoms with Crippen molar-refractivity contribution in [1.82, 2.24) is 5.32 Å². The normalized spacial score (nSPS) is 13.4. The summed E-state index contributed by atoms with van der Waals surface area (Å²) < 4.78 is 4.80. The molecular formula is C8H15Cl2NO3. The van der Waals surface area contributed by atoms with Crippen molar-refractivity contribution in [2.24, 2.45) is 0 Å². The summed E-state index contributed by atoms with van der Waals surface area (Å²) in [7, 11) is 0. The lowest BCUT2D eigenvalue weighted by atomic mass is 10.3. The van der Waals surface area contributed by atoms with E-state index in [2.05, 4.69) is 5.32 Å². The molecule has 2 N–H and O–H groups in total. The molecule has 0 heterocycles. The summed E-state index contributed by atoms with van der Waals surface area (Å²) in [6.07, 6.45) is -0.607. The Labute approximate surface area is 93.5 Å². The van der Waals surface area contributed by atoms with Crippen LogP contribution in [-0.4, -0.2) is 41.2 Å². The number of ether oxygens (including phenoxy) is 1. The van der Waals surface area contributed by atoms with Gasteiger partial charge in [0.2, 0.25) is 4.84 Å². The van der Waals surface area contributed by atoms with Crippen molar-refractivity contribution < 1.29 is 14.6 Å². The van der Waals surface area contributed by atoms with E-state index < -0.39 is 16.9 Å². The van der Waals surface area contributed by atoms with Crippen LogP contribution in [-0.2, 0) is 9.53 Å². The SMILES string of the molecule is CC(C)NCC(CO)OC(=O)C(Cl)Cl. The molecule has 0 radical (unpaired) electrons. The highest BCUT2D eigenvalue weighted by atomic mass is 35.5. The van der Waals surface area contributed by atoms with Gasteiger partial charge in [-0.05, 0) is 0 Å². The van der Waals surface area contributed by atoms with Crippen molar-refractivity contribution in [2.45, 2.75) is 30.8 Å². The molecular weight excluding hydrogens is 229 g/mol. The van der Waals surface area contributed by atoms with Crippen molar-refractivity contribution in [3.8, 4) is 0 Å². The maximum absolute atomic E-state index is 10.9. The highest BCUT2D eigenvalue weighted by Gasteiger charge is 2.18. The minimum absolute atomic E-state index is 0.255. The van der Waals surface area contributed by atoms with E-state index in [1.165, 1.54) is 0 Å². The number of halogens is 2. The van der Waals surface area contributed by atoms with Gasteiger partial charge in [0.15, 0.2) is 0 Å². The summed E-state index contributed by atoms with van der Waals surface area (Å²) in [5.41, 5.74) is 0. The fraction of sp³-hybridized carbons (Fsp3) is 0.875. The highest BCUT2D eigenvalue weighted by molar-refractivity contribution is 6.52. The molecule has 0 spiro atoms. The van der Waals surface area contributed by atoms with Gasteiger partial charge >= 0.3 is 5.97 Å². The highest BCUT2D eigenvalue weighted by Crippen LogP contribution is 2.05. The van der Waals surface area contributed by atoms with E-state index >= 15 is 0 Å². The lowest BCUT2D eigenvalue weighted by molar-refractivity contribution is -0.148. The Kier molecular flexibility index (Phi) is 7.27. The van der Waals surface area contributed by atoms with Gasteiger partial charge in [0.25, 0.3) is 0 Å². The Morgan fingerprint density at radius 1 is 1.50 bits per heavy atom. The van der Waals surface area contributed by atoms with Crippen molar-refractivity contribution in [1.29, 1.82) is 0 Å². The quantitative estimate of drug-likeness (QED) is 0.533. The van der Waals surface area contributed by atoms with Crippen LogP contribution in [0.5, 0.6) is 0 Å². The van der Waals surface area contributed by atoms with Gasteiger partial charge in [0.1, 0.15) is 6.10 Å². The first-order chi connectivity index (χ1) is 6.47. The number of carbonyl (C=O) groups excluding carboxylic acids is 1. The van der Waals surface area contributed by atoms with E-state index in [0.29, 0.717) is 6.54 Å². The van der Waals surface area contributed by atoms with Gasteiger partial charge in [-0.25, -0.2) is 4.79 Å². The molecule has 1 atom stereocenters. The molecule has 4 nitrogen and oxygen atoms in total. The van der Waals surface area contributed by atoms with Gasteiger partial charge in [0.05, 0.1) is 6.61 Å². The maximum atomic E-state index is 10.9. The smallest absolute Gasteiger partial charge is 0.339 e. The monoisotopic (exact) mass is 243 g/mol. The van der Waals surface area contributed by atoms with Crippen molar-refractivity contribution in [3.05, 3.63) is 0 Å². The van der Waals surface area contributed by atoms with E-state index in [1.807, 2.05) is 13.8 Å². The molecule has 6 heteroatoms. The molecule has 0 aromatic rings. The number of nitrogens with one attached hydrogen (secondary N) is 1. The molecule has 0 amide bonds. The van der Waals surface area contributed by atoms with Gasteiger partial charge in [-0.3, -0.25) is 0 Å². The number of aliphatic hydroxyl groups is 1. The Balaban J connectivity index is 3.84. The summed E-state index contributed by atoms with van der Waals surface area (Å²) >= 11 is 10.6. The van der Waals surface area contributed by atoms with Crippen molar-refractivity contribution in [3.63, 3.8) is 0 Å². The minimum Gasteiger partial charge on any atom is -0.457 e. The second-order valence-corrected chi connectivity index (χ2v) is 4.20. The second-order valence-electron chi connectivity index (χ2n) is 3.11. The van der Waals surface area contributed by atoms with E-state index in [0.717, 1.165) is 0 Å². The molecule has 0 rings (SSSR count). The molecule has 0 aliphatic carbocycles. The summed E-state index contributed by atoms with van der Waals surface area (Å²) in [4.78, 5) is 9.73. The fourth-order valence-electron chi connectivity index (χ4n) is 0.726. The van der Waals surface area contributed by atoms with Crippen LogP contribution in [0.3, 0.4) is 0 Å². The molecule has 0 aromatic heterocycles. The van der Waals surface area contributed by atoms with Crippen LogP contribution in [0.15, 0.2) is 0 Å². The number of hydrogen-bond acceptors (Lipinski definition) is 4. The summed E-state index contributed by atoms with van der Waals surface area (Å²) in [6, 6.07) is 0.255. The largest absolute Gasteiger partial charge is 0.457 e. The zero-order valence-corrected chi connectivity index (χ0v) is 9.68. The maximum Gasteiger partial charge on any atom is 0.339 e. The van der Waals surface area contributed by atoms with E-state index in [4.69, 9.17) is 33.0 Å². The number of hydrogen-bond donors (Lipinski definition) is 2. The minimum atomic E-state index is -1.21. The van der Waals surface area contributed by atoms with Gasteiger partial charge in [-0.1, -0.05) is 37.0 Å². The molecule has 1 unspecified atom stereocenters. The van der Waals surface area contributed by atoms with Crippen LogP contribution < -0.4 is 5.32 Å². The Hall–Kier alpha value is -0.0300. The zero-order chi connectivity index (χ0) is 11.1. The molecule has 0 aromatic carbocycles. The van der Waals surface area contributed by atoms with Crippen LogP contribution in [0.25, 0.3) is 0 Å². The first-order valence-electron chi connectivity index (χ1n) is 4.30. The topological polar surface area (TPSA) is 58.6 Å². The molecule has 0 aliphatic heterocycles. The molecule has 0 fully saturated rings. The second kappa shape index (κ2) is 7.29. The van der Waals surface area contributed by atoms with Crippen LogP contribution in [0.1, 0.15) is 13.8 Å². The third-order valence-corrected chi connectivity index (χ3v) is 1.77. The average Bonchev–Trinajstić information content (AvgIpc) is 2.11. The van der Waals surface area contributed by atoms with Gasteiger partial charge < -0.3 is 15.2 Å². The predicted octanol–water partition coefficient (Wildman–Crippen LogP) is 0.692. The van der Waals surface area contributed by atoms with Crippen LogP contribution in [0, 0.1) is 0 Å². The summed E-state index contributed by atoms with van der Waals surface area (Å²) in [5.74, 6) is -0.738. The van der Waals surface area contributed by atoms with Crippen molar-refractivity contribution in [2.75, 3.05) is 13.2 Å². The molecule has 0 aliphatic rings. The Morgan fingerprint density at radius 3 is 2.43 bits per heavy atom. The van der Waals surface area contributed by atoms with Crippen LogP contribution in [0.2, 0.25) is 0 Å². The standard InChI is InChI=1S/C8H15Cl2NO3/c1-5(2)11-3-6(4-12)14-8(13)7(9)10/h5-7,11-12H,3-4H2,1-2H3. The molecule has 84 valence electrons. The van der Waals surface area contributed by atoms with Gasteiger partial charge in [-0.2, -0.15) is 0 Å². The van der Waals surface area contributed by atoms with Crippen LogP contribution in [0.4, 0.5) is 0 Å². The predicted molar refractivity (Wildman–Crippen MR) is 55.6 cm³/mol. The van der Waals surface area contributed by atoms with Gasteiger partial charge in [-0.15, -0.1) is 0 Å². The molecule has 14 heavy (non-hydrogen) atoms. The Morgan fingerprint density at radius 2 is 2.07 bits per heavy atom. The number of alkyl halides is 2. The van der Waals surface area contributed by atoms with Crippen molar-refractivity contribution >= 4 is 29.2 Å².